The van der Waals surface area contributed by atoms with Gasteiger partial charge in [-0.05, 0) is 43.0 Å². The zero-order chi connectivity index (χ0) is 12.3. The molecule has 0 aromatic carbocycles. The molecular formula is C14H18N2OS. The van der Waals surface area contributed by atoms with E-state index in [1.165, 1.54) is 17.7 Å². The van der Waals surface area contributed by atoms with E-state index in [0.717, 1.165) is 18.8 Å². The van der Waals surface area contributed by atoms with Crippen LogP contribution in [-0.4, -0.2) is 22.4 Å². The molecule has 2 saturated carbocycles. The molecule has 1 aromatic rings. The Balaban J connectivity index is 1.65. The number of amides is 1. The molecule has 1 atom stereocenters. The number of thiophene rings is 1. The normalized spacial score (nSPS) is 37.1. The first-order valence-electron chi connectivity index (χ1n) is 6.83. The molecule has 2 heterocycles. The Morgan fingerprint density at radius 3 is 2.78 bits per heavy atom. The van der Waals surface area contributed by atoms with Crippen LogP contribution in [0.5, 0.6) is 0 Å². The van der Waals surface area contributed by atoms with Crippen LogP contribution in [0.3, 0.4) is 0 Å². The summed E-state index contributed by atoms with van der Waals surface area (Å²) in [5, 5.41) is 5.69. The molecule has 2 aliphatic carbocycles. The van der Waals surface area contributed by atoms with E-state index in [1.807, 2.05) is 0 Å². The second kappa shape index (κ2) is 3.58. The first-order valence-corrected chi connectivity index (χ1v) is 7.71. The molecule has 4 rings (SSSR count). The quantitative estimate of drug-likeness (QED) is 0.888. The molecule has 1 amide bonds. The van der Waals surface area contributed by atoms with Crippen molar-refractivity contribution in [3.63, 3.8) is 0 Å². The minimum atomic E-state index is -0.187. The molecule has 1 aromatic heterocycles. The molecule has 3 nitrogen and oxygen atoms in total. The Labute approximate surface area is 111 Å². The first kappa shape index (κ1) is 11.0. The largest absolute Gasteiger partial charge is 0.317 e. The highest BCUT2D eigenvalue weighted by molar-refractivity contribution is 7.10. The third-order valence-electron chi connectivity index (χ3n) is 4.64. The van der Waals surface area contributed by atoms with E-state index in [-0.39, 0.29) is 11.7 Å². The van der Waals surface area contributed by atoms with Crippen molar-refractivity contribution < 1.29 is 4.79 Å². The van der Waals surface area contributed by atoms with E-state index in [0.29, 0.717) is 11.9 Å². The zero-order valence-corrected chi connectivity index (χ0v) is 11.4. The molecule has 3 fully saturated rings. The van der Waals surface area contributed by atoms with E-state index in [4.69, 9.17) is 0 Å². The molecule has 0 radical (unpaired) electrons. The Kier molecular flexibility index (Phi) is 2.19. The Morgan fingerprint density at radius 2 is 2.22 bits per heavy atom. The van der Waals surface area contributed by atoms with Gasteiger partial charge in [0.25, 0.3) is 0 Å². The summed E-state index contributed by atoms with van der Waals surface area (Å²) >= 11 is 1.75. The highest BCUT2D eigenvalue weighted by Gasteiger charge is 2.61. The van der Waals surface area contributed by atoms with Crippen molar-refractivity contribution in [3.8, 4) is 0 Å². The molecule has 1 N–H and O–H groups in total. The zero-order valence-electron chi connectivity index (χ0n) is 10.6. The fourth-order valence-electron chi connectivity index (χ4n) is 3.36. The van der Waals surface area contributed by atoms with E-state index in [1.54, 1.807) is 11.3 Å². The van der Waals surface area contributed by atoms with Crippen LogP contribution in [0.15, 0.2) is 17.5 Å². The lowest BCUT2D eigenvalue weighted by atomic mass is 9.80. The third kappa shape index (κ3) is 1.42. The van der Waals surface area contributed by atoms with Crippen molar-refractivity contribution in [3.05, 3.63) is 22.4 Å². The minimum absolute atomic E-state index is 0.137. The van der Waals surface area contributed by atoms with Gasteiger partial charge in [-0.1, -0.05) is 13.0 Å². The van der Waals surface area contributed by atoms with Gasteiger partial charge in [-0.15, -0.1) is 11.3 Å². The lowest BCUT2D eigenvalue weighted by Gasteiger charge is -2.42. The maximum Gasteiger partial charge on any atom is 0.244 e. The van der Waals surface area contributed by atoms with Gasteiger partial charge in [-0.3, -0.25) is 10.1 Å². The Hall–Kier alpha value is -0.870. The van der Waals surface area contributed by atoms with Crippen LogP contribution in [0, 0.1) is 5.92 Å². The van der Waals surface area contributed by atoms with Crippen molar-refractivity contribution in [2.24, 2.45) is 5.92 Å². The summed E-state index contributed by atoms with van der Waals surface area (Å²) in [6.07, 6.45) is 4.52. The average molecular weight is 262 g/mol. The molecule has 1 aliphatic heterocycles. The summed E-state index contributed by atoms with van der Waals surface area (Å²) in [7, 11) is 0. The second-order valence-electron chi connectivity index (χ2n) is 6.09. The van der Waals surface area contributed by atoms with Gasteiger partial charge < -0.3 is 4.90 Å². The van der Waals surface area contributed by atoms with Gasteiger partial charge in [0.1, 0.15) is 11.7 Å². The molecule has 18 heavy (non-hydrogen) atoms. The number of hydrogen-bond donors (Lipinski definition) is 1. The van der Waals surface area contributed by atoms with Crippen molar-refractivity contribution in [2.45, 2.75) is 50.4 Å². The standard InChI is InChI=1S/C14H18N2OS/c1-9-7-10(8-9)16-12(11-3-2-6-18-11)15-14(4-5-14)13(16)17/h2-3,6,9-10,12,15H,4-5,7-8H2,1H3. The monoisotopic (exact) mass is 262 g/mol. The van der Waals surface area contributed by atoms with Gasteiger partial charge in [-0.25, -0.2) is 0 Å². The van der Waals surface area contributed by atoms with Crippen LogP contribution in [0.25, 0.3) is 0 Å². The molecule has 1 saturated heterocycles. The summed E-state index contributed by atoms with van der Waals surface area (Å²) in [6, 6.07) is 4.68. The Morgan fingerprint density at radius 1 is 1.44 bits per heavy atom. The maximum absolute atomic E-state index is 12.6. The molecular weight excluding hydrogens is 244 g/mol. The summed E-state index contributed by atoms with van der Waals surface area (Å²) in [4.78, 5) is 16.0. The van der Waals surface area contributed by atoms with Crippen LogP contribution in [0.2, 0.25) is 0 Å². The molecule has 96 valence electrons. The topological polar surface area (TPSA) is 32.3 Å². The molecule has 1 unspecified atom stereocenters. The second-order valence-corrected chi connectivity index (χ2v) is 7.07. The third-order valence-corrected chi connectivity index (χ3v) is 5.56. The van der Waals surface area contributed by atoms with Crippen molar-refractivity contribution in [1.29, 1.82) is 0 Å². The van der Waals surface area contributed by atoms with Gasteiger partial charge in [0.15, 0.2) is 0 Å². The smallest absolute Gasteiger partial charge is 0.244 e. The van der Waals surface area contributed by atoms with Gasteiger partial charge in [0.2, 0.25) is 5.91 Å². The van der Waals surface area contributed by atoms with Gasteiger partial charge in [0, 0.05) is 10.9 Å². The van der Waals surface area contributed by atoms with Crippen LogP contribution < -0.4 is 5.32 Å². The minimum Gasteiger partial charge on any atom is -0.317 e. The fourth-order valence-corrected chi connectivity index (χ4v) is 4.13. The van der Waals surface area contributed by atoms with E-state index < -0.39 is 0 Å². The molecule has 1 spiro atoms. The predicted molar refractivity (Wildman–Crippen MR) is 71.2 cm³/mol. The number of nitrogens with one attached hydrogen (secondary N) is 1. The molecule has 0 bridgehead atoms. The van der Waals surface area contributed by atoms with Crippen LogP contribution >= 0.6 is 11.3 Å². The van der Waals surface area contributed by atoms with Crippen LogP contribution in [0.1, 0.15) is 43.6 Å². The van der Waals surface area contributed by atoms with Gasteiger partial charge >= 0.3 is 0 Å². The average Bonchev–Trinajstić information content (AvgIpc) is 2.80. The number of carbonyl (C=O) groups excluding carboxylic acids is 1. The number of rotatable bonds is 2. The fraction of sp³-hybridized carbons (Fsp3) is 0.643. The molecule has 4 heteroatoms. The first-order chi connectivity index (χ1) is 8.70. The van der Waals surface area contributed by atoms with Gasteiger partial charge in [0.05, 0.1) is 0 Å². The Bertz CT molecular complexity index is 474. The van der Waals surface area contributed by atoms with E-state index >= 15 is 0 Å². The predicted octanol–water partition coefficient (Wildman–Crippen LogP) is 2.51. The highest BCUT2D eigenvalue weighted by atomic mass is 32.1. The summed E-state index contributed by atoms with van der Waals surface area (Å²) in [6.45, 7) is 2.28. The van der Waals surface area contributed by atoms with E-state index in [9.17, 15) is 4.79 Å². The number of nitrogens with zero attached hydrogens (tertiary/aromatic N) is 1. The van der Waals surface area contributed by atoms with Crippen LogP contribution in [0.4, 0.5) is 0 Å². The molecule has 3 aliphatic rings. The SMILES string of the molecule is CC1CC(N2C(=O)C3(CC3)NC2c2cccs2)C1. The number of hydrogen-bond acceptors (Lipinski definition) is 3. The lowest BCUT2D eigenvalue weighted by Crippen LogP contribution is -2.47. The van der Waals surface area contributed by atoms with E-state index in [2.05, 4.69) is 34.7 Å². The summed E-state index contributed by atoms with van der Waals surface area (Å²) in [5.41, 5.74) is -0.187. The lowest BCUT2D eigenvalue weighted by molar-refractivity contribution is -0.135. The number of carbonyl (C=O) groups is 1. The van der Waals surface area contributed by atoms with Crippen molar-refractivity contribution in [2.75, 3.05) is 0 Å². The van der Waals surface area contributed by atoms with Gasteiger partial charge in [-0.2, -0.15) is 0 Å². The summed E-state index contributed by atoms with van der Waals surface area (Å²) in [5.74, 6) is 1.14. The maximum atomic E-state index is 12.6. The van der Waals surface area contributed by atoms with Crippen molar-refractivity contribution in [1.82, 2.24) is 10.2 Å². The van der Waals surface area contributed by atoms with Crippen molar-refractivity contribution >= 4 is 17.2 Å². The highest BCUT2D eigenvalue weighted by Crippen LogP contribution is 2.49. The van der Waals surface area contributed by atoms with Crippen LogP contribution in [-0.2, 0) is 4.79 Å². The summed E-state index contributed by atoms with van der Waals surface area (Å²) < 4.78 is 0.